The third-order valence-corrected chi connectivity index (χ3v) is 4.04. The highest BCUT2D eigenvalue weighted by molar-refractivity contribution is 7.08. The van der Waals surface area contributed by atoms with Crippen LogP contribution in [0.4, 0.5) is 11.4 Å². The van der Waals surface area contributed by atoms with Gasteiger partial charge in [-0.1, -0.05) is 25.3 Å². The van der Waals surface area contributed by atoms with E-state index in [0.717, 1.165) is 22.7 Å². The van der Waals surface area contributed by atoms with Gasteiger partial charge in [-0.3, -0.25) is 4.79 Å². The van der Waals surface area contributed by atoms with E-state index in [2.05, 4.69) is 14.9 Å². The molecule has 0 aliphatic carbocycles. The third-order valence-electron chi connectivity index (χ3n) is 3.32. The zero-order valence-electron chi connectivity index (χ0n) is 12.9. The average Bonchev–Trinajstić information content (AvgIpc) is 2.85. The Bertz CT molecular complexity index is 685. The highest BCUT2D eigenvalue weighted by Gasteiger charge is 2.26. The van der Waals surface area contributed by atoms with Gasteiger partial charge in [0.1, 0.15) is 4.88 Å². The van der Waals surface area contributed by atoms with Gasteiger partial charge < -0.3 is 11.1 Å². The molecular formula is C15H20N4OS. The maximum absolute atomic E-state index is 12.5. The molecule has 0 radical (unpaired) electrons. The van der Waals surface area contributed by atoms with Crippen molar-refractivity contribution in [3.63, 3.8) is 0 Å². The van der Waals surface area contributed by atoms with Gasteiger partial charge in [-0.15, -0.1) is 5.10 Å². The molecule has 3 N–H and O–H groups in total. The number of nitrogens with one attached hydrogen (secondary N) is 1. The van der Waals surface area contributed by atoms with Crippen LogP contribution < -0.4 is 11.1 Å². The Balaban J connectivity index is 2.31. The van der Waals surface area contributed by atoms with Crippen molar-refractivity contribution in [2.24, 2.45) is 0 Å². The Hall–Kier alpha value is -1.95. The first kappa shape index (κ1) is 15.4. The van der Waals surface area contributed by atoms with Crippen molar-refractivity contribution < 1.29 is 4.79 Å². The molecule has 6 heteroatoms. The Kier molecular flexibility index (Phi) is 4.00. The summed E-state index contributed by atoms with van der Waals surface area (Å²) < 4.78 is 3.90. The van der Waals surface area contributed by atoms with Gasteiger partial charge in [0.05, 0.1) is 17.1 Å². The molecule has 1 aromatic heterocycles. The first-order chi connectivity index (χ1) is 9.70. The van der Waals surface area contributed by atoms with E-state index in [-0.39, 0.29) is 11.3 Å². The number of hydrogen-bond donors (Lipinski definition) is 2. The molecule has 0 saturated carbocycles. The first-order valence-electron chi connectivity index (χ1n) is 6.71. The van der Waals surface area contributed by atoms with Gasteiger partial charge in [0, 0.05) is 5.41 Å². The molecule has 5 nitrogen and oxygen atoms in total. The number of rotatable bonds is 2. The fourth-order valence-electron chi connectivity index (χ4n) is 1.96. The van der Waals surface area contributed by atoms with E-state index in [9.17, 15) is 4.79 Å². The van der Waals surface area contributed by atoms with Crippen molar-refractivity contribution in [2.75, 3.05) is 11.1 Å². The molecule has 0 bridgehead atoms. The van der Waals surface area contributed by atoms with E-state index in [1.165, 1.54) is 0 Å². The van der Waals surface area contributed by atoms with Gasteiger partial charge in [-0.25, -0.2) is 0 Å². The minimum absolute atomic E-state index is 0.218. The lowest BCUT2D eigenvalue weighted by Gasteiger charge is -2.16. The molecule has 1 amide bonds. The van der Waals surface area contributed by atoms with Crippen LogP contribution >= 0.6 is 11.5 Å². The number of nitrogens with zero attached hydrogens (tertiary/aromatic N) is 2. The zero-order valence-corrected chi connectivity index (χ0v) is 13.8. The predicted octanol–water partition coefficient (Wildman–Crippen LogP) is 3.29. The van der Waals surface area contributed by atoms with E-state index < -0.39 is 0 Å². The number of benzene rings is 1. The second-order valence-electron chi connectivity index (χ2n) is 6.18. The van der Waals surface area contributed by atoms with E-state index in [0.29, 0.717) is 21.9 Å². The molecule has 21 heavy (non-hydrogen) atoms. The third kappa shape index (κ3) is 3.21. The van der Waals surface area contributed by atoms with Crippen LogP contribution in [-0.4, -0.2) is 15.5 Å². The first-order valence-corrected chi connectivity index (χ1v) is 7.48. The van der Waals surface area contributed by atoms with Crippen molar-refractivity contribution in [3.05, 3.63) is 33.8 Å². The summed E-state index contributed by atoms with van der Waals surface area (Å²) in [4.78, 5) is 13.0. The lowest BCUT2D eigenvalue weighted by Crippen LogP contribution is -2.20. The number of aryl methyl sites for hydroxylation is 2. The van der Waals surface area contributed by atoms with E-state index in [1.807, 2.05) is 46.8 Å². The van der Waals surface area contributed by atoms with Gasteiger partial charge in [-0.2, -0.15) is 0 Å². The molecule has 0 aliphatic heterocycles. The van der Waals surface area contributed by atoms with Gasteiger partial charge in [0.2, 0.25) is 0 Å². The molecule has 0 unspecified atom stereocenters. The maximum atomic E-state index is 12.5. The van der Waals surface area contributed by atoms with Crippen LogP contribution in [-0.2, 0) is 5.41 Å². The van der Waals surface area contributed by atoms with Crippen LogP contribution in [0.25, 0.3) is 0 Å². The number of amides is 1. The molecule has 2 aromatic rings. The monoisotopic (exact) mass is 304 g/mol. The highest BCUT2D eigenvalue weighted by Crippen LogP contribution is 2.28. The smallest absolute Gasteiger partial charge is 0.269 e. The van der Waals surface area contributed by atoms with Gasteiger partial charge >= 0.3 is 0 Å². The molecule has 2 rings (SSSR count). The second kappa shape index (κ2) is 5.44. The zero-order chi connectivity index (χ0) is 15.8. The quantitative estimate of drug-likeness (QED) is 0.834. The van der Waals surface area contributed by atoms with Crippen LogP contribution in [0.1, 0.15) is 47.3 Å². The average molecular weight is 304 g/mol. The molecule has 1 aromatic carbocycles. The van der Waals surface area contributed by atoms with Crippen molar-refractivity contribution in [1.29, 1.82) is 0 Å². The maximum Gasteiger partial charge on any atom is 0.269 e. The minimum atomic E-state index is -0.228. The van der Waals surface area contributed by atoms with Gasteiger partial charge in [0.25, 0.3) is 5.91 Å². The van der Waals surface area contributed by atoms with Crippen molar-refractivity contribution in [2.45, 2.75) is 40.0 Å². The number of carbonyl (C=O) groups is 1. The Labute approximate surface area is 128 Å². The summed E-state index contributed by atoms with van der Waals surface area (Å²) in [5.41, 5.74) is 9.80. The summed E-state index contributed by atoms with van der Waals surface area (Å²) in [6.45, 7) is 9.99. The fraction of sp³-hybridized carbons (Fsp3) is 0.400. The Morgan fingerprint density at radius 2 is 1.86 bits per heavy atom. The van der Waals surface area contributed by atoms with Crippen molar-refractivity contribution in [3.8, 4) is 0 Å². The summed E-state index contributed by atoms with van der Waals surface area (Å²) in [5, 5.41) is 6.94. The Morgan fingerprint density at radius 3 is 2.48 bits per heavy atom. The molecule has 112 valence electrons. The van der Waals surface area contributed by atoms with Crippen LogP contribution in [0.2, 0.25) is 0 Å². The lowest BCUT2D eigenvalue weighted by atomic mass is 9.91. The number of hydrogen-bond acceptors (Lipinski definition) is 5. The van der Waals surface area contributed by atoms with Gasteiger partial charge in [-0.05, 0) is 48.6 Å². The topological polar surface area (TPSA) is 80.9 Å². The number of carbonyl (C=O) groups excluding carboxylic acids is 1. The van der Waals surface area contributed by atoms with Gasteiger partial charge in [0.15, 0.2) is 0 Å². The van der Waals surface area contributed by atoms with Crippen molar-refractivity contribution in [1.82, 2.24) is 9.59 Å². The molecular weight excluding hydrogens is 284 g/mol. The number of aromatic nitrogens is 2. The summed E-state index contributed by atoms with van der Waals surface area (Å²) in [6, 6.07) is 3.74. The predicted molar refractivity (Wildman–Crippen MR) is 86.9 cm³/mol. The largest absolute Gasteiger partial charge is 0.397 e. The fourth-order valence-corrected chi connectivity index (χ4v) is 2.73. The number of anilines is 2. The summed E-state index contributed by atoms with van der Waals surface area (Å²) in [7, 11) is 0. The van der Waals surface area contributed by atoms with E-state index in [4.69, 9.17) is 5.73 Å². The normalized spacial score (nSPS) is 11.5. The SMILES string of the molecule is Cc1cc(N)c(NC(=O)c2snnc2C(C)(C)C)cc1C. The summed E-state index contributed by atoms with van der Waals surface area (Å²) in [6.07, 6.45) is 0. The lowest BCUT2D eigenvalue weighted by molar-refractivity contribution is 0.102. The number of nitrogens with two attached hydrogens (primary N) is 1. The molecule has 1 heterocycles. The minimum Gasteiger partial charge on any atom is -0.397 e. The van der Waals surface area contributed by atoms with Crippen LogP contribution in [0.15, 0.2) is 12.1 Å². The van der Waals surface area contributed by atoms with Crippen LogP contribution in [0, 0.1) is 13.8 Å². The number of nitrogen functional groups attached to an aromatic ring is 1. The highest BCUT2D eigenvalue weighted by atomic mass is 32.1. The van der Waals surface area contributed by atoms with Crippen LogP contribution in [0.3, 0.4) is 0 Å². The van der Waals surface area contributed by atoms with E-state index in [1.54, 1.807) is 0 Å². The molecule has 0 spiro atoms. The molecule has 0 aliphatic rings. The standard InChI is InChI=1S/C15H20N4OS/c1-8-6-10(16)11(7-9(8)2)17-14(20)12-13(15(3,4)5)18-19-21-12/h6-7H,16H2,1-5H3,(H,17,20). The van der Waals surface area contributed by atoms with Crippen molar-refractivity contribution >= 4 is 28.8 Å². The molecule has 0 saturated heterocycles. The molecule has 0 atom stereocenters. The Morgan fingerprint density at radius 1 is 1.24 bits per heavy atom. The second-order valence-corrected chi connectivity index (χ2v) is 6.93. The molecule has 0 fully saturated rings. The summed E-state index contributed by atoms with van der Waals surface area (Å²) >= 11 is 1.10. The summed E-state index contributed by atoms with van der Waals surface area (Å²) in [5.74, 6) is -0.218. The van der Waals surface area contributed by atoms with E-state index >= 15 is 0 Å². The van der Waals surface area contributed by atoms with Crippen LogP contribution in [0.5, 0.6) is 0 Å².